The number of benzene rings is 6. The van der Waals surface area contributed by atoms with Crippen molar-refractivity contribution in [3.8, 4) is 0 Å². The maximum absolute atomic E-state index is 10.1. The Labute approximate surface area is 269 Å². The third kappa shape index (κ3) is 6.22. The second kappa shape index (κ2) is 13.8. The predicted octanol–water partition coefficient (Wildman–Crippen LogP) is 9.03. The molecular weight excluding hydrogens is 721 g/mol. The monoisotopic (exact) mass is 751 g/mol. The van der Waals surface area contributed by atoms with Gasteiger partial charge in [0.15, 0.2) is 0 Å². The number of hydrogen-bond donors (Lipinski definition) is 1. The number of fused-ring (bicyclic) bond motifs is 12. The number of aliphatic hydroxyl groups excluding tert-OH is 1. The molecule has 0 saturated heterocycles. The van der Waals surface area contributed by atoms with Crippen molar-refractivity contribution in [1.82, 2.24) is 9.97 Å². The molecule has 6 aromatic carbocycles. The van der Waals surface area contributed by atoms with E-state index in [4.69, 9.17) is 5.11 Å². The summed E-state index contributed by atoms with van der Waals surface area (Å²) in [5.41, 5.74) is 2.07. The smallest absolute Gasteiger partial charge is 0.132 e. The normalized spacial score (nSPS) is 11.4. The molecule has 219 valence electrons. The summed E-state index contributed by atoms with van der Waals surface area (Å²) in [6, 6.07) is 44.1. The number of ketones is 1. The largest absolute Gasteiger partial charge is 0.393 e. The van der Waals surface area contributed by atoms with Crippen LogP contribution in [0, 0.1) is 12.1 Å². The molecule has 1 radical (unpaired) electrons. The van der Waals surface area contributed by atoms with Crippen LogP contribution < -0.4 is 0 Å². The molecule has 0 amide bonds. The molecule has 0 aliphatic heterocycles. The second-order valence-electron chi connectivity index (χ2n) is 10.6. The summed E-state index contributed by atoms with van der Waals surface area (Å²) in [5, 5.41) is 20.6. The first-order valence-corrected chi connectivity index (χ1v) is 14.3. The van der Waals surface area contributed by atoms with Crippen LogP contribution >= 0.6 is 0 Å². The Hall–Kier alpha value is -4.54. The summed E-state index contributed by atoms with van der Waals surface area (Å²) in [5.74, 6) is 0.0370. The van der Waals surface area contributed by atoms with E-state index in [1.54, 1.807) is 6.92 Å². The molecule has 0 bridgehead atoms. The molecule has 44 heavy (non-hydrogen) atoms. The zero-order valence-corrected chi connectivity index (χ0v) is 26.8. The van der Waals surface area contributed by atoms with E-state index in [0.717, 1.165) is 21.8 Å². The van der Waals surface area contributed by atoms with Crippen molar-refractivity contribution in [3.63, 3.8) is 0 Å². The molecule has 0 aliphatic rings. The number of Topliss-reactive ketones (excluding diaryl/α,β-unsaturated/α-hetero) is 1. The zero-order chi connectivity index (χ0) is 29.8. The van der Waals surface area contributed by atoms with Crippen molar-refractivity contribution in [2.24, 2.45) is 0 Å². The van der Waals surface area contributed by atoms with Crippen LogP contribution in [-0.4, -0.2) is 27.0 Å². The van der Waals surface area contributed by atoms with Gasteiger partial charge in [-0.15, -0.1) is 59.3 Å². The van der Waals surface area contributed by atoms with E-state index in [1.165, 1.54) is 50.0 Å². The van der Waals surface area contributed by atoms with Crippen LogP contribution in [0.1, 0.15) is 20.3 Å². The summed E-state index contributed by atoms with van der Waals surface area (Å²) in [4.78, 5) is 19.2. The summed E-state index contributed by atoms with van der Waals surface area (Å²) < 4.78 is 0. The molecule has 2 aromatic heterocycles. The van der Waals surface area contributed by atoms with Gasteiger partial charge in [-0.05, 0) is 58.6 Å². The predicted molar refractivity (Wildman–Crippen MR) is 178 cm³/mol. The van der Waals surface area contributed by atoms with Gasteiger partial charge in [0.25, 0.3) is 0 Å². The van der Waals surface area contributed by atoms with Gasteiger partial charge >= 0.3 is 0 Å². The van der Waals surface area contributed by atoms with Crippen LogP contribution in [0.15, 0.2) is 122 Å². The van der Waals surface area contributed by atoms with Gasteiger partial charge in [-0.25, -0.2) is 0 Å². The van der Waals surface area contributed by atoms with E-state index in [0.29, 0.717) is 0 Å². The van der Waals surface area contributed by atoms with E-state index in [-0.39, 0.29) is 32.3 Å². The van der Waals surface area contributed by atoms with Gasteiger partial charge in [0.2, 0.25) is 0 Å². The van der Waals surface area contributed by atoms with Gasteiger partial charge in [0.05, 0.1) is 6.10 Å². The third-order valence-corrected chi connectivity index (χ3v) is 7.40. The van der Waals surface area contributed by atoms with Crippen molar-refractivity contribution in [2.45, 2.75) is 26.4 Å². The molecule has 1 N–H and O–H groups in total. The summed E-state index contributed by atoms with van der Waals surface area (Å²) >= 11 is 0. The van der Waals surface area contributed by atoms with Gasteiger partial charge < -0.3 is 15.1 Å². The van der Waals surface area contributed by atoms with Gasteiger partial charge in [0.1, 0.15) is 5.78 Å². The van der Waals surface area contributed by atoms with Gasteiger partial charge in [0, 0.05) is 38.9 Å². The summed E-state index contributed by atoms with van der Waals surface area (Å²) in [6.07, 6.45) is 3.49. The average molecular weight is 751 g/mol. The van der Waals surface area contributed by atoms with Crippen molar-refractivity contribution >= 4 is 70.7 Å². The molecule has 4 nitrogen and oxygen atoms in total. The zero-order valence-electron chi connectivity index (χ0n) is 24.4. The Balaban J connectivity index is 0.000000142. The number of pyridine rings is 2. The molecule has 0 aliphatic carbocycles. The Morgan fingerprint density at radius 1 is 0.614 bits per heavy atom. The minimum atomic E-state index is -0.475. The number of hydrogen-bond acceptors (Lipinski definition) is 4. The van der Waals surface area contributed by atoms with Crippen LogP contribution in [0.5, 0.6) is 0 Å². The molecule has 1 atom stereocenters. The fourth-order valence-electron chi connectivity index (χ4n) is 5.68. The van der Waals surface area contributed by atoms with Crippen LogP contribution in [0.25, 0.3) is 64.9 Å². The number of aliphatic hydroxyl groups is 1. The quantitative estimate of drug-likeness (QED) is 0.142. The maximum Gasteiger partial charge on any atom is 0.132 e. The number of nitrogens with zero attached hydrogens (tertiary/aromatic N) is 2. The van der Waals surface area contributed by atoms with E-state index in [2.05, 4.69) is 94.9 Å². The molecule has 0 fully saturated rings. The fraction of sp³-hybridized carbons (Fsp3) is 0.103. The van der Waals surface area contributed by atoms with Crippen molar-refractivity contribution in [2.75, 3.05) is 0 Å². The average Bonchev–Trinajstić information content (AvgIpc) is 3.05. The number of aromatic nitrogens is 2. The van der Waals surface area contributed by atoms with Crippen molar-refractivity contribution in [1.29, 1.82) is 0 Å². The minimum absolute atomic E-state index is 0. The SMILES string of the molecule is CC(=O)CC(C)O.[Ir].[c-]1cccc2c1c1ncccc1c1ccccc21.[c-]1cccc2c1c1ncccc1c1ccccc21. The Bertz CT molecular complexity index is 1650. The number of carbonyl (C=O) groups is 1. The van der Waals surface area contributed by atoms with Crippen molar-refractivity contribution in [3.05, 3.63) is 134 Å². The molecule has 2 heterocycles. The van der Waals surface area contributed by atoms with Crippen LogP contribution in [0.4, 0.5) is 0 Å². The Morgan fingerprint density at radius 3 is 1.34 bits per heavy atom. The van der Waals surface area contributed by atoms with Crippen LogP contribution in [-0.2, 0) is 24.9 Å². The van der Waals surface area contributed by atoms with E-state index in [9.17, 15) is 4.79 Å². The van der Waals surface area contributed by atoms with Crippen molar-refractivity contribution < 1.29 is 30.0 Å². The number of rotatable bonds is 2. The molecular formula is C39H30IrN2O2-2. The molecule has 0 saturated carbocycles. The molecule has 1 unspecified atom stereocenters. The molecule has 8 rings (SSSR count). The molecule has 0 spiro atoms. The first-order chi connectivity index (χ1) is 21.0. The number of carbonyl (C=O) groups excluding carboxylic acids is 1. The topological polar surface area (TPSA) is 63.1 Å². The summed E-state index contributed by atoms with van der Waals surface area (Å²) in [7, 11) is 0. The van der Waals surface area contributed by atoms with Gasteiger partial charge in [-0.2, -0.15) is 0 Å². The molecule has 5 heteroatoms. The second-order valence-corrected chi connectivity index (χ2v) is 10.6. The first-order valence-electron chi connectivity index (χ1n) is 14.3. The summed E-state index contributed by atoms with van der Waals surface area (Å²) in [6.45, 7) is 3.06. The maximum atomic E-state index is 10.1. The molecule has 8 aromatic rings. The third-order valence-electron chi connectivity index (χ3n) is 7.40. The first kappa shape index (κ1) is 30.9. The Kier molecular flexibility index (Phi) is 9.72. The van der Waals surface area contributed by atoms with Crippen LogP contribution in [0.3, 0.4) is 0 Å². The van der Waals surface area contributed by atoms with Gasteiger partial charge in [-0.1, -0.05) is 82.2 Å². The van der Waals surface area contributed by atoms with E-state index >= 15 is 0 Å². The van der Waals surface area contributed by atoms with E-state index in [1.807, 2.05) is 48.8 Å². The van der Waals surface area contributed by atoms with Gasteiger partial charge in [-0.3, -0.25) is 4.79 Å². The van der Waals surface area contributed by atoms with E-state index < -0.39 is 6.10 Å². The fourth-order valence-corrected chi connectivity index (χ4v) is 5.68. The standard InChI is InChI=1S/2C17H10N.C5H10O2.Ir/c2*1-2-7-14-12(6-1)13-8-3-4-9-15(13)17-16(14)10-5-11-18-17;1-4(6)3-5(2)7;/h2*1-8,10-11H;4,6H,3H2,1-2H3;/q2*-1;;. The van der Waals surface area contributed by atoms with Crippen LogP contribution in [0.2, 0.25) is 0 Å². The minimum Gasteiger partial charge on any atom is -0.393 e. The Morgan fingerprint density at radius 2 is 0.977 bits per heavy atom.